The van der Waals surface area contributed by atoms with Crippen molar-refractivity contribution in [1.82, 2.24) is 0 Å². The van der Waals surface area contributed by atoms with Crippen LogP contribution in [0.1, 0.15) is 22.3 Å². The number of anilines is 3. The number of fused-ring (bicyclic) bond motifs is 6. The van der Waals surface area contributed by atoms with Crippen LogP contribution in [0.4, 0.5) is 17.1 Å². The molecule has 0 saturated heterocycles. The molecule has 0 radical (unpaired) electrons. The molecule has 1 aromatic heterocycles. The Morgan fingerprint density at radius 2 is 0.860 bits per heavy atom. The maximum atomic E-state index is 6.79. The van der Waals surface area contributed by atoms with Crippen molar-refractivity contribution >= 4 is 39.0 Å². The first kappa shape index (κ1) is 33.0. The molecule has 0 unspecified atom stereocenters. The van der Waals surface area contributed by atoms with E-state index in [-0.39, 0.29) is 0 Å². The van der Waals surface area contributed by atoms with Gasteiger partial charge in [-0.15, -0.1) is 0 Å². The summed E-state index contributed by atoms with van der Waals surface area (Å²) in [6.07, 6.45) is 0. The molecule has 1 aliphatic rings. The van der Waals surface area contributed by atoms with Gasteiger partial charge in [0, 0.05) is 27.8 Å². The number of nitrogens with zero attached hydrogens (tertiary/aromatic N) is 1. The number of benzene rings is 9. The fourth-order valence-corrected chi connectivity index (χ4v) is 9.31. The van der Waals surface area contributed by atoms with Gasteiger partial charge in [-0.2, -0.15) is 0 Å². The van der Waals surface area contributed by atoms with Crippen LogP contribution in [0.5, 0.6) is 0 Å². The van der Waals surface area contributed by atoms with Gasteiger partial charge in [0.2, 0.25) is 0 Å². The molecule has 2 nitrogen and oxygen atoms in total. The summed E-state index contributed by atoms with van der Waals surface area (Å²) in [5.41, 5.74) is 16.6. The highest BCUT2D eigenvalue weighted by molar-refractivity contribution is 6.10. The monoisotopic (exact) mass is 727 g/mol. The third kappa shape index (κ3) is 5.26. The first-order valence-corrected chi connectivity index (χ1v) is 19.6. The highest BCUT2D eigenvalue weighted by atomic mass is 16.3. The van der Waals surface area contributed by atoms with Crippen LogP contribution >= 0.6 is 0 Å². The zero-order valence-electron chi connectivity index (χ0n) is 31.2. The van der Waals surface area contributed by atoms with Gasteiger partial charge < -0.3 is 9.32 Å². The molecule has 2 heteroatoms. The Kier molecular flexibility index (Phi) is 7.75. The zero-order valence-corrected chi connectivity index (χ0v) is 31.2. The number of para-hydroxylation sites is 1. The van der Waals surface area contributed by atoms with Gasteiger partial charge in [0.25, 0.3) is 0 Å². The Morgan fingerprint density at radius 1 is 0.333 bits per heavy atom. The number of furan rings is 1. The molecule has 10 aromatic rings. The maximum absolute atomic E-state index is 6.79. The fourth-order valence-electron chi connectivity index (χ4n) is 9.31. The maximum Gasteiger partial charge on any atom is 0.135 e. The Labute approximate surface area is 332 Å². The summed E-state index contributed by atoms with van der Waals surface area (Å²) >= 11 is 0. The Hall–Kier alpha value is -7.42. The minimum Gasteiger partial charge on any atom is -0.456 e. The van der Waals surface area contributed by atoms with Crippen LogP contribution in [0.25, 0.3) is 55.3 Å². The highest BCUT2D eigenvalue weighted by Crippen LogP contribution is 2.58. The number of hydrogen-bond acceptors (Lipinski definition) is 2. The summed E-state index contributed by atoms with van der Waals surface area (Å²) < 4.78 is 6.79. The summed E-state index contributed by atoms with van der Waals surface area (Å²) in [5.74, 6) is 0. The molecular formula is C55H37NO. The summed E-state index contributed by atoms with van der Waals surface area (Å²) in [6, 6.07) is 81.1. The smallest absolute Gasteiger partial charge is 0.135 e. The molecule has 268 valence electrons. The summed E-state index contributed by atoms with van der Waals surface area (Å²) in [4.78, 5) is 2.38. The van der Waals surface area contributed by atoms with Gasteiger partial charge in [0.05, 0.1) is 5.41 Å². The van der Waals surface area contributed by atoms with Crippen LogP contribution in [0, 0.1) is 0 Å². The summed E-state index contributed by atoms with van der Waals surface area (Å²) in [5, 5.41) is 2.21. The third-order valence-corrected chi connectivity index (χ3v) is 11.7. The van der Waals surface area contributed by atoms with Gasteiger partial charge in [-0.25, -0.2) is 0 Å². The molecule has 0 spiro atoms. The van der Waals surface area contributed by atoms with Crippen LogP contribution in [-0.4, -0.2) is 0 Å². The average Bonchev–Trinajstić information content (AvgIpc) is 3.81. The fraction of sp³-hybridized carbons (Fsp3) is 0.0182. The van der Waals surface area contributed by atoms with Crippen LogP contribution in [0.15, 0.2) is 229 Å². The normalized spacial score (nSPS) is 12.7. The number of hydrogen-bond donors (Lipinski definition) is 0. The van der Waals surface area contributed by atoms with E-state index in [1.165, 1.54) is 44.5 Å². The predicted octanol–water partition coefficient (Wildman–Crippen LogP) is 14.8. The molecule has 11 rings (SSSR count). The first-order chi connectivity index (χ1) is 28.3. The Bertz CT molecular complexity index is 2950. The largest absolute Gasteiger partial charge is 0.456 e. The third-order valence-electron chi connectivity index (χ3n) is 11.7. The van der Waals surface area contributed by atoms with Crippen molar-refractivity contribution < 1.29 is 4.42 Å². The van der Waals surface area contributed by atoms with Crippen LogP contribution in [0.2, 0.25) is 0 Å². The van der Waals surface area contributed by atoms with Gasteiger partial charge in [-0.3, -0.25) is 0 Å². The topological polar surface area (TPSA) is 16.4 Å². The molecule has 0 saturated carbocycles. The van der Waals surface area contributed by atoms with Crippen LogP contribution in [-0.2, 0) is 5.41 Å². The second-order valence-corrected chi connectivity index (χ2v) is 14.8. The van der Waals surface area contributed by atoms with Crippen LogP contribution in [0.3, 0.4) is 0 Å². The van der Waals surface area contributed by atoms with Crippen molar-refractivity contribution in [1.29, 1.82) is 0 Å². The lowest BCUT2D eigenvalue weighted by molar-refractivity contribution is 0.667. The molecule has 0 fully saturated rings. The lowest BCUT2D eigenvalue weighted by Crippen LogP contribution is -2.28. The molecule has 0 bridgehead atoms. The predicted molar refractivity (Wildman–Crippen MR) is 237 cm³/mol. The van der Waals surface area contributed by atoms with E-state index < -0.39 is 5.41 Å². The van der Waals surface area contributed by atoms with Gasteiger partial charge in [0.1, 0.15) is 11.2 Å². The van der Waals surface area contributed by atoms with E-state index in [0.29, 0.717) is 0 Å². The Morgan fingerprint density at radius 3 is 1.47 bits per heavy atom. The van der Waals surface area contributed by atoms with Crippen molar-refractivity contribution in [2.45, 2.75) is 5.41 Å². The van der Waals surface area contributed by atoms with E-state index in [1.54, 1.807) is 0 Å². The molecule has 57 heavy (non-hydrogen) atoms. The van der Waals surface area contributed by atoms with Crippen molar-refractivity contribution in [2.75, 3.05) is 4.90 Å². The summed E-state index contributed by atoms with van der Waals surface area (Å²) in [6.45, 7) is 0. The molecule has 1 heterocycles. The molecule has 0 N–H and O–H groups in total. The second-order valence-electron chi connectivity index (χ2n) is 14.8. The standard InChI is InChI=1S/C55H37NO/c1-5-18-38(19-6-1)40-34-41(39-20-7-2-8-21-39)36-45(35-40)56(43-24-11-4-12-25-43)44-32-33-52-48(37-44)54-51(30-17-31-53(54)57-52)55(42-22-9-3-10-23-42)49-28-15-13-26-46(49)47-27-14-16-29-50(47)55/h1-37H. The minimum absolute atomic E-state index is 0.561. The lowest BCUT2D eigenvalue weighted by atomic mass is 9.66. The van der Waals surface area contributed by atoms with Crippen molar-refractivity contribution in [3.05, 3.63) is 247 Å². The molecule has 9 aromatic carbocycles. The zero-order chi connectivity index (χ0) is 37.8. The van der Waals surface area contributed by atoms with Gasteiger partial charge in [-0.1, -0.05) is 170 Å². The first-order valence-electron chi connectivity index (χ1n) is 19.6. The van der Waals surface area contributed by atoms with Gasteiger partial charge in [-0.05, 0) is 110 Å². The van der Waals surface area contributed by atoms with Gasteiger partial charge in [0.15, 0.2) is 0 Å². The van der Waals surface area contributed by atoms with E-state index in [9.17, 15) is 0 Å². The molecule has 0 atom stereocenters. The average molecular weight is 728 g/mol. The van der Waals surface area contributed by atoms with E-state index >= 15 is 0 Å². The lowest BCUT2D eigenvalue weighted by Gasteiger charge is -2.34. The van der Waals surface area contributed by atoms with E-state index in [4.69, 9.17) is 4.42 Å². The summed E-state index contributed by atoms with van der Waals surface area (Å²) in [7, 11) is 0. The molecule has 1 aliphatic carbocycles. The molecular weight excluding hydrogens is 691 g/mol. The molecule has 0 aliphatic heterocycles. The second kappa shape index (κ2) is 13.4. The highest BCUT2D eigenvalue weighted by Gasteiger charge is 2.47. The quantitative estimate of drug-likeness (QED) is 0.163. The molecule has 0 amide bonds. The van der Waals surface area contributed by atoms with Crippen molar-refractivity contribution in [3.63, 3.8) is 0 Å². The van der Waals surface area contributed by atoms with E-state index in [0.717, 1.165) is 50.1 Å². The van der Waals surface area contributed by atoms with E-state index in [1.807, 2.05) is 0 Å². The SMILES string of the molecule is c1ccc(-c2cc(-c3ccccc3)cc(N(c3ccccc3)c3ccc4oc5cccc(C6(c7ccccc7)c7ccccc7-c7ccccc76)c5c4c3)c2)cc1. The van der Waals surface area contributed by atoms with E-state index in [2.05, 4.69) is 229 Å². The number of rotatable bonds is 7. The van der Waals surface area contributed by atoms with Gasteiger partial charge >= 0.3 is 0 Å². The Balaban J connectivity index is 1.19. The van der Waals surface area contributed by atoms with Crippen molar-refractivity contribution in [2.24, 2.45) is 0 Å². The van der Waals surface area contributed by atoms with Crippen molar-refractivity contribution in [3.8, 4) is 33.4 Å². The minimum atomic E-state index is -0.561. The van der Waals surface area contributed by atoms with Crippen LogP contribution < -0.4 is 4.90 Å².